The van der Waals surface area contributed by atoms with Gasteiger partial charge in [0, 0.05) is 51.6 Å². The molecule has 0 unspecified atom stereocenters. The quantitative estimate of drug-likeness (QED) is 0.265. The molecule has 0 heterocycles. The van der Waals surface area contributed by atoms with Crippen LogP contribution in [0.4, 0.5) is 0 Å². The van der Waals surface area contributed by atoms with Gasteiger partial charge in [-0.1, -0.05) is 71.2 Å². The van der Waals surface area contributed by atoms with Gasteiger partial charge >= 0.3 is 0 Å². The van der Waals surface area contributed by atoms with Gasteiger partial charge in [0.05, 0.1) is 0 Å². The summed E-state index contributed by atoms with van der Waals surface area (Å²) in [5, 5.41) is 4.53. The van der Waals surface area contributed by atoms with Gasteiger partial charge in [0.1, 0.15) is 6.04 Å². The number of rotatable bonds is 11. The lowest BCUT2D eigenvalue weighted by Gasteiger charge is -2.32. The number of carbonyl (C=O) groups is 2. The van der Waals surface area contributed by atoms with Gasteiger partial charge in [-0.3, -0.25) is 9.59 Å². The monoisotopic (exact) mass is 548 g/mol. The third-order valence-corrected chi connectivity index (χ3v) is 7.23. The van der Waals surface area contributed by atoms with Crippen molar-refractivity contribution >= 4 is 58.4 Å². The second kappa shape index (κ2) is 13.8. The minimum absolute atomic E-state index is 0.121. The van der Waals surface area contributed by atoms with E-state index in [0.717, 1.165) is 16.0 Å². The fraction of sp³-hybridized carbons (Fsp3) is 0.259. The molecule has 3 aromatic carbocycles. The first-order valence-electron chi connectivity index (χ1n) is 11.3. The fourth-order valence-corrected chi connectivity index (χ4v) is 5.05. The molecule has 3 aromatic rings. The summed E-state index contributed by atoms with van der Waals surface area (Å²) in [5.74, 6) is 0.253. The molecule has 0 bridgehead atoms. The summed E-state index contributed by atoms with van der Waals surface area (Å²) in [5.41, 5.74) is 1.71. The Balaban J connectivity index is 1.85. The lowest BCUT2D eigenvalue weighted by Crippen LogP contribution is -2.50. The van der Waals surface area contributed by atoms with Crippen LogP contribution in [0.3, 0.4) is 0 Å². The molecule has 0 aliphatic rings. The van der Waals surface area contributed by atoms with Crippen molar-refractivity contribution in [1.29, 1.82) is 0 Å². The number of benzene rings is 3. The summed E-state index contributed by atoms with van der Waals surface area (Å²) in [6.45, 7) is 2.54. The molecule has 1 atom stereocenters. The minimum Gasteiger partial charge on any atom is -0.355 e. The Hall–Kier alpha value is -2.18. The number of hydrogen-bond acceptors (Lipinski definition) is 3. The number of amides is 2. The number of thioether (sulfide) groups is 1. The third-order valence-electron chi connectivity index (χ3n) is 5.38. The van der Waals surface area contributed by atoms with E-state index in [1.807, 2.05) is 61.5 Å². The normalized spacial score (nSPS) is 11.7. The number of likely N-dealkylation sites (N-methyl/N-ethyl adjacent to an activating group) is 1. The summed E-state index contributed by atoms with van der Waals surface area (Å²) < 4.78 is 0. The van der Waals surface area contributed by atoms with Crippen LogP contribution in [0.2, 0.25) is 15.1 Å². The molecule has 0 fully saturated rings. The van der Waals surface area contributed by atoms with E-state index in [0.29, 0.717) is 33.8 Å². The first-order chi connectivity index (χ1) is 16.9. The van der Waals surface area contributed by atoms with Crippen LogP contribution in [0.25, 0.3) is 0 Å². The largest absolute Gasteiger partial charge is 0.355 e. The van der Waals surface area contributed by atoms with Gasteiger partial charge in [-0.05, 0) is 54.4 Å². The third kappa shape index (κ3) is 8.46. The summed E-state index contributed by atoms with van der Waals surface area (Å²) in [6, 6.07) is 21.7. The number of hydrogen-bond donors (Lipinski definition) is 1. The molecular formula is C27H27Cl3N2O2S. The van der Waals surface area contributed by atoms with Gasteiger partial charge in [0.15, 0.2) is 0 Å². The van der Waals surface area contributed by atoms with Crippen molar-refractivity contribution in [2.45, 2.75) is 37.2 Å². The number of nitrogens with zero attached hydrogens (tertiary/aromatic N) is 1. The van der Waals surface area contributed by atoms with Gasteiger partial charge < -0.3 is 10.2 Å². The van der Waals surface area contributed by atoms with Crippen LogP contribution in [0.5, 0.6) is 0 Å². The standard InChI is InChI=1S/C27H27Cl3N2O2S/c1-2-31-27(34)25(16-19-6-4-3-5-7-19)32(18-20-8-9-22(29)17-24(20)30)26(33)14-15-35-23-12-10-21(28)11-13-23/h3-13,17,25H,2,14-16,18H2,1H3,(H,31,34)/t25-/m0/s1. The molecule has 0 spiro atoms. The van der Waals surface area contributed by atoms with E-state index in [1.54, 1.807) is 34.9 Å². The van der Waals surface area contributed by atoms with E-state index >= 15 is 0 Å². The fourth-order valence-electron chi connectivity index (χ4n) is 3.61. The van der Waals surface area contributed by atoms with Crippen LogP contribution in [-0.2, 0) is 22.6 Å². The van der Waals surface area contributed by atoms with Crippen molar-refractivity contribution in [3.05, 3.63) is 99.0 Å². The van der Waals surface area contributed by atoms with Crippen LogP contribution in [-0.4, -0.2) is 35.1 Å². The molecule has 0 aliphatic carbocycles. The molecule has 8 heteroatoms. The predicted octanol–water partition coefficient (Wildman–Crippen LogP) is 6.91. The van der Waals surface area contributed by atoms with Crippen LogP contribution in [0.15, 0.2) is 77.7 Å². The van der Waals surface area contributed by atoms with Crippen molar-refractivity contribution in [2.75, 3.05) is 12.3 Å². The molecule has 35 heavy (non-hydrogen) atoms. The SMILES string of the molecule is CCNC(=O)[C@H](Cc1ccccc1)N(Cc1ccc(Cl)cc1Cl)C(=O)CCSc1ccc(Cl)cc1. The van der Waals surface area contributed by atoms with Crippen LogP contribution < -0.4 is 5.32 Å². The molecule has 184 valence electrons. The van der Waals surface area contributed by atoms with Crippen LogP contribution >= 0.6 is 46.6 Å². The van der Waals surface area contributed by atoms with E-state index in [9.17, 15) is 9.59 Å². The van der Waals surface area contributed by atoms with Gasteiger partial charge in [-0.2, -0.15) is 0 Å². The lowest BCUT2D eigenvalue weighted by molar-refractivity contribution is -0.140. The maximum Gasteiger partial charge on any atom is 0.243 e. The van der Waals surface area contributed by atoms with Crippen molar-refractivity contribution in [3.63, 3.8) is 0 Å². The highest BCUT2D eigenvalue weighted by atomic mass is 35.5. The number of nitrogens with one attached hydrogen (secondary N) is 1. The van der Waals surface area contributed by atoms with Crippen molar-refractivity contribution in [2.24, 2.45) is 0 Å². The van der Waals surface area contributed by atoms with E-state index in [4.69, 9.17) is 34.8 Å². The second-order valence-electron chi connectivity index (χ2n) is 7.91. The maximum atomic E-state index is 13.6. The Morgan fingerprint density at radius 2 is 1.63 bits per heavy atom. The average molecular weight is 550 g/mol. The molecule has 4 nitrogen and oxygen atoms in total. The highest BCUT2D eigenvalue weighted by Crippen LogP contribution is 2.26. The van der Waals surface area contributed by atoms with Crippen LogP contribution in [0.1, 0.15) is 24.5 Å². The molecule has 0 saturated heterocycles. The molecule has 2 amide bonds. The van der Waals surface area contributed by atoms with E-state index in [2.05, 4.69) is 5.32 Å². The number of carbonyl (C=O) groups excluding carboxylic acids is 2. The molecule has 1 N–H and O–H groups in total. The molecule has 0 saturated carbocycles. The zero-order valence-electron chi connectivity index (χ0n) is 19.3. The lowest BCUT2D eigenvalue weighted by atomic mass is 10.0. The first-order valence-corrected chi connectivity index (χ1v) is 13.4. The average Bonchev–Trinajstić information content (AvgIpc) is 2.84. The van der Waals surface area contributed by atoms with Crippen LogP contribution in [0, 0.1) is 0 Å². The summed E-state index contributed by atoms with van der Waals surface area (Å²) in [6.07, 6.45) is 0.664. The first kappa shape index (κ1) is 27.4. The van der Waals surface area contributed by atoms with E-state index in [1.165, 1.54) is 0 Å². The van der Waals surface area contributed by atoms with Gasteiger partial charge in [0.2, 0.25) is 11.8 Å². The maximum absolute atomic E-state index is 13.6. The van der Waals surface area contributed by atoms with Crippen molar-refractivity contribution < 1.29 is 9.59 Å². The molecule has 0 radical (unpaired) electrons. The zero-order chi connectivity index (χ0) is 25.2. The Kier molecular flexibility index (Phi) is 10.8. The molecule has 0 aromatic heterocycles. The Morgan fingerprint density at radius 1 is 0.943 bits per heavy atom. The van der Waals surface area contributed by atoms with Crippen molar-refractivity contribution in [1.82, 2.24) is 10.2 Å². The van der Waals surface area contributed by atoms with E-state index < -0.39 is 6.04 Å². The topological polar surface area (TPSA) is 49.4 Å². The van der Waals surface area contributed by atoms with E-state index in [-0.39, 0.29) is 24.8 Å². The Labute approximate surface area is 225 Å². The molecule has 3 rings (SSSR count). The highest BCUT2D eigenvalue weighted by Gasteiger charge is 2.30. The molecular weight excluding hydrogens is 523 g/mol. The Bertz CT molecular complexity index is 1130. The Morgan fingerprint density at radius 3 is 2.29 bits per heavy atom. The van der Waals surface area contributed by atoms with Gasteiger partial charge in [-0.15, -0.1) is 11.8 Å². The zero-order valence-corrected chi connectivity index (χ0v) is 22.4. The molecule has 0 aliphatic heterocycles. The summed E-state index contributed by atoms with van der Waals surface area (Å²) >= 11 is 20.1. The predicted molar refractivity (Wildman–Crippen MR) is 146 cm³/mol. The van der Waals surface area contributed by atoms with Gasteiger partial charge in [0.25, 0.3) is 0 Å². The van der Waals surface area contributed by atoms with Gasteiger partial charge in [-0.25, -0.2) is 0 Å². The highest BCUT2D eigenvalue weighted by molar-refractivity contribution is 7.99. The summed E-state index contributed by atoms with van der Waals surface area (Å²) in [4.78, 5) is 29.4. The minimum atomic E-state index is -0.683. The summed E-state index contributed by atoms with van der Waals surface area (Å²) in [7, 11) is 0. The number of halogens is 3. The second-order valence-corrected chi connectivity index (χ2v) is 10.4. The smallest absolute Gasteiger partial charge is 0.243 e. The van der Waals surface area contributed by atoms with Crippen molar-refractivity contribution in [3.8, 4) is 0 Å².